The first-order valence-corrected chi connectivity index (χ1v) is 6.28. The highest BCUT2D eigenvalue weighted by Gasteiger charge is 2.49. The van der Waals surface area contributed by atoms with Crippen LogP contribution in [0.1, 0.15) is 6.92 Å². The van der Waals surface area contributed by atoms with Crippen molar-refractivity contribution >= 4 is 16.4 Å². The molecule has 0 amide bonds. The van der Waals surface area contributed by atoms with Gasteiger partial charge in [0.2, 0.25) is 0 Å². The minimum absolute atomic E-state index is 1.06. The molecular weight excluding hydrogens is 272 g/mol. The van der Waals surface area contributed by atoms with Gasteiger partial charge < -0.3 is 19.7 Å². The number of hydrogen-bond acceptors (Lipinski definition) is 7. The van der Waals surface area contributed by atoms with Crippen molar-refractivity contribution in [2.24, 2.45) is 0 Å². The molecule has 0 spiro atoms. The lowest BCUT2D eigenvalue weighted by Crippen LogP contribution is -2.60. The average molecular weight is 286 g/mol. The van der Waals surface area contributed by atoms with E-state index in [4.69, 9.17) is 19.1 Å². The molecule has 0 aromatic heterocycles. The van der Waals surface area contributed by atoms with Crippen LogP contribution in [0.25, 0.3) is 0 Å². The van der Waals surface area contributed by atoms with E-state index in [1.165, 1.54) is 6.92 Å². The first kappa shape index (κ1) is 15.3. The topological polar surface area (TPSA) is 140 Å². The number of aliphatic hydroxyl groups is 1. The number of carbonyl (C=O) groups is 1. The summed E-state index contributed by atoms with van der Waals surface area (Å²) < 4.78 is 43.8. The highest BCUT2D eigenvalue weighted by Crippen LogP contribution is 2.26. The zero-order chi connectivity index (χ0) is 14.1. The molecule has 5 atom stereocenters. The predicted molar refractivity (Wildman–Crippen MR) is 55.2 cm³/mol. The van der Waals surface area contributed by atoms with Gasteiger partial charge in [-0.3, -0.25) is 4.55 Å². The lowest BCUT2D eigenvalue weighted by atomic mass is 9.95. The Bertz CT molecular complexity index is 405. The Balaban J connectivity index is 2.94. The molecule has 1 rings (SSSR count). The third-order valence-electron chi connectivity index (χ3n) is 2.54. The van der Waals surface area contributed by atoms with Crippen LogP contribution in [0.15, 0.2) is 0 Å². The Morgan fingerprint density at radius 1 is 1.33 bits per heavy atom. The fourth-order valence-corrected chi connectivity index (χ4v) is 2.32. The van der Waals surface area contributed by atoms with E-state index in [9.17, 15) is 18.3 Å². The Morgan fingerprint density at radius 3 is 2.28 bits per heavy atom. The van der Waals surface area contributed by atoms with Crippen molar-refractivity contribution in [3.8, 4) is 0 Å². The molecule has 106 valence electrons. The first-order valence-electron chi connectivity index (χ1n) is 4.92. The molecule has 0 aromatic rings. The normalized spacial score (nSPS) is 37.4. The molecule has 18 heavy (non-hydrogen) atoms. The quantitative estimate of drug-likeness (QED) is 0.522. The van der Waals surface area contributed by atoms with Crippen LogP contribution in [-0.4, -0.2) is 66.8 Å². The predicted octanol–water partition coefficient (Wildman–Crippen LogP) is -1.58. The number of aliphatic hydroxyl groups excluding tert-OH is 1. The molecule has 0 aliphatic carbocycles. The molecule has 0 saturated carbocycles. The van der Waals surface area contributed by atoms with E-state index in [0.29, 0.717) is 0 Å². The molecule has 0 aromatic carbocycles. The second-order valence-corrected chi connectivity index (χ2v) is 4.83. The van der Waals surface area contributed by atoms with Crippen LogP contribution in [0.5, 0.6) is 0 Å². The highest BCUT2D eigenvalue weighted by molar-refractivity contribution is 7.80. The van der Waals surface area contributed by atoms with E-state index in [-0.39, 0.29) is 0 Å². The molecule has 2 unspecified atom stereocenters. The van der Waals surface area contributed by atoms with Gasteiger partial charge in [0, 0.05) is 7.11 Å². The number of carboxylic acid groups (broad SMARTS) is 1. The second kappa shape index (κ2) is 5.47. The van der Waals surface area contributed by atoms with Crippen molar-refractivity contribution in [1.82, 2.24) is 0 Å². The zero-order valence-corrected chi connectivity index (χ0v) is 10.4. The van der Waals surface area contributed by atoms with Crippen molar-refractivity contribution in [3.63, 3.8) is 0 Å². The van der Waals surface area contributed by atoms with Gasteiger partial charge in [0.25, 0.3) is 0 Å². The molecule has 1 aliphatic heterocycles. The molecule has 1 saturated heterocycles. The molecule has 1 heterocycles. The van der Waals surface area contributed by atoms with Crippen molar-refractivity contribution in [2.45, 2.75) is 37.4 Å². The van der Waals surface area contributed by atoms with Gasteiger partial charge >= 0.3 is 16.4 Å². The van der Waals surface area contributed by atoms with E-state index in [0.717, 1.165) is 7.11 Å². The smallest absolute Gasteiger partial charge is 0.397 e. The van der Waals surface area contributed by atoms with Crippen LogP contribution in [0.4, 0.5) is 0 Å². The number of ether oxygens (including phenoxy) is 2. The lowest BCUT2D eigenvalue weighted by molar-refractivity contribution is -0.224. The summed E-state index contributed by atoms with van der Waals surface area (Å²) in [6, 6.07) is 0. The number of carboxylic acids is 1. The van der Waals surface area contributed by atoms with Gasteiger partial charge in [-0.05, 0) is 6.92 Å². The molecule has 9 nitrogen and oxygen atoms in total. The monoisotopic (exact) mass is 286 g/mol. The van der Waals surface area contributed by atoms with Crippen molar-refractivity contribution in [1.29, 1.82) is 0 Å². The van der Waals surface area contributed by atoms with Gasteiger partial charge in [0.05, 0.1) is 6.10 Å². The maximum absolute atomic E-state index is 10.9. The second-order valence-electron chi connectivity index (χ2n) is 3.78. The van der Waals surface area contributed by atoms with Crippen molar-refractivity contribution < 1.29 is 41.6 Å². The average Bonchev–Trinajstić information content (AvgIpc) is 2.22. The molecule has 0 radical (unpaired) electrons. The summed E-state index contributed by atoms with van der Waals surface area (Å²) in [5, 5.41) is 18.7. The van der Waals surface area contributed by atoms with Gasteiger partial charge in [-0.2, -0.15) is 8.42 Å². The maximum atomic E-state index is 10.9. The summed E-state index contributed by atoms with van der Waals surface area (Å²) >= 11 is 0. The first-order chi connectivity index (χ1) is 8.17. The van der Waals surface area contributed by atoms with E-state index in [1.807, 2.05) is 0 Å². The van der Waals surface area contributed by atoms with Gasteiger partial charge in [0.15, 0.2) is 6.10 Å². The van der Waals surface area contributed by atoms with Crippen LogP contribution >= 0.6 is 0 Å². The van der Waals surface area contributed by atoms with Gasteiger partial charge in [-0.25, -0.2) is 8.98 Å². The van der Waals surface area contributed by atoms with Gasteiger partial charge in [-0.1, -0.05) is 0 Å². The van der Waals surface area contributed by atoms with E-state index in [2.05, 4.69) is 4.18 Å². The fraction of sp³-hybridized carbons (Fsp3) is 0.875. The number of rotatable bonds is 4. The van der Waals surface area contributed by atoms with Crippen LogP contribution in [0.2, 0.25) is 0 Å². The van der Waals surface area contributed by atoms with Crippen LogP contribution in [0, 0.1) is 0 Å². The van der Waals surface area contributed by atoms with Crippen LogP contribution in [0.3, 0.4) is 0 Å². The third-order valence-corrected chi connectivity index (χ3v) is 3.01. The minimum Gasteiger partial charge on any atom is -0.479 e. The molecule has 1 aliphatic rings. The Morgan fingerprint density at radius 2 is 1.89 bits per heavy atom. The van der Waals surface area contributed by atoms with Crippen molar-refractivity contribution in [2.75, 3.05) is 7.11 Å². The summed E-state index contributed by atoms with van der Waals surface area (Å²) in [6.45, 7) is 1.31. The summed E-state index contributed by atoms with van der Waals surface area (Å²) in [5.74, 6) is -1.36. The largest absolute Gasteiger partial charge is 0.479 e. The Labute approximate surface area is 103 Å². The van der Waals surface area contributed by atoms with Gasteiger partial charge in [-0.15, -0.1) is 0 Å². The van der Waals surface area contributed by atoms with Gasteiger partial charge in [0.1, 0.15) is 18.3 Å². The summed E-state index contributed by atoms with van der Waals surface area (Å²) in [6.07, 6.45) is -6.87. The number of methoxy groups -OCH3 is 1. The van der Waals surface area contributed by atoms with Crippen LogP contribution < -0.4 is 0 Å². The molecule has 3 N–H and O–H groups in total. The Hall–Kier alpha value is -0.780. The zero-order valence-electron chi connectivity index (χ0n) is 9.59. The summed E-state index contributed by atoms with van der Waals surface area (Å²) in [5.41, 5.74) is 0. The minimum atomic E-state index is -4.80. The molecular formula is C8H14O9S. The molecule has 10 heteroatoms. The number of hydrogen-bond donors (Lipinski definition) is 3. The third kappa shape index (κ3) is 3.37. The fourth-order valence-electron chi connectivity index (χ4n) is 1.77. The van der Waals surface area contributed by atoms with E-state index >= 15 is 0 Å². The SMILES string of the molecule is CO[C@@H]1C(C(=O)O)O[C@@H](C)C(OS(=O)(=O)O)[C@H]1O. The van der Waals surface area contributed by atoms with Crippen molar-refractivity contribution in [3.05, 3.63) is 0 Å². The summed E-state index contributed by atoms with van der Waals surface area (Å²) in [4.78, 5) is 10.9. The highest BCUT2D eigenvalue weighted by atomic mass is 32.3. The molecule has 1 fully saturated rings. The standard InChI is InChI=1S/C8H14O9S/c1-3-5(17-18(12,13)14)4(9)6(15-2)7(16-3)8(10)11/h3-7,9H,1-2H3,(H,10,11)(H,12,13,14)/t3-,4+,5?,6-,7?/m0/s1. The number of aliphatic carboxylic acids is 1. The summed E-state index contributed by atoms with van der Waals surface area (Å²) in [7, 11) is -3.67. The molecule has 0 bridgehead atoms. The van der Waals surface area contributed by atoms with E-state index in [1.54, 1.807) is 0 Å². The van der Waals surface area contributed by atoms with Crippen LogP contribution in [-0.2, 0) is 28.9 Å². The Kier molecular flexibility index (Phi) is 4.64. The van der Waals surface area contributed by atoms with E-state index < -0.39 is 46.9 Å². The lowest BCUT2D eigenvalue weighted by Gasteiger charge is -2.40. The maximum Gasteiger partial charge on any atom is 0.397 e.